The molecule has 1 atom stereocenters. The number of imidazole rings is 1. The van der Waals surface area contributed by atoms with Crippen molar-refractivity contribution in [3.63, 3.8) is 0 Å². The summed E-state index contributed by atoms with van der Waals surface area (Å²) in [5.41, 5.74) is 7.61. The van der Waals surface area contributed by atoms with Gasteiger partial charge in [-0.25, -0.2) is 17.4 Å². The lowest BCUT2D eigenvalue weighted by atomic mass is 9.90. The van der Waals surface area contributed by atoms with Gasteiger partial charge in [0, 0.05) is 37.7 Å². The summed E-state index contributed by atoms with van der Waals surface area (Å²) in [5.74, 6) is 0.958. The lowest BCUT2D eigenvalue weighted by molar-refractivity contribution is 0.153. The first-order chi connectivity index (χ1) is 22.0. The molecule has 1 aliphatic carbocycles. The zero-order chi connectivity index (χ0) is 30.6. The molecule has 0 aliphatic heterocycles. The quantitative estimate of drug-likeness (QED) is 0.176. The maximum atomic E-state index is 13.1. The average Bonchev–Trinajstić information content (AvgIpc) is 3.73. The Hall–Kier alpha value is -4.57. The number of rotatable bonds is 11. The van der Waals surface area contributed by atoms with Crippen LogP contribution >= 0.6 is 0 Å². The zero-order valence-corrected chi connectivity index (χ0v) is 25.8. The van der Waals surface area contributed by atoms with Crippen LogP contribution in [-0.2, 0) is 42.6 Å². The van der Waals surface area contributed by atoms with Crippen LogP contribution in [0.5, 0.6) is 0 Å². The first-order valence-corrected chi connectivity index (χ1v) is 16.9. The number of aromatic nitrogens is 4. The van der Waals surface area contributed by atoms with E-state index in [1.807, 2.05) is 42.6 Å². The third-order valence-electron chi connectivity index (χ3n) is 8.53. The standard InChI is InChI=1S/C36H36N6O2S/c43-45(44,31-12-2-1-3-13-31)42-22-8-11-30(42)24-37-23-27-17-19-28(20-18-27)25-41(26-35-39-32-14-4-5-15-33(32)40-35)34-16-6-9-29-10-7-21-38-36(29)34/h1-5,7-8,10-15,17-22,34,37H,6,9,16,23-26H2,(H,39,40). The van der Waals surface area contributed by atoms with E-state index in [2.05, 4.69) is 51.6 Å². The zero-order valence-electron chi connectivity index (χ0n) is 25.0. The summed E-state index contributed by atoms with van der Waals surface area (Å²) in [5, 5.41) is 3.42. The highest BCUT2D eigenvalue weighted by molar-refractivity contribution is 7.90. The van der Waals surface area contributed by atoms with Gasteiger partial charge in [0.1, 0.15) is 5.82 Å². The van der Waals surface area contributed by atoms with Gasteiger partial charge in [-0.1, -0.05) is 60.7 Å². The van der Waals surface area contributed by atoms with Crippen molar-refractivity contribution in [2.75, 3.05) is 0 Å². The molecule has 1 unspecified atom stereocenters. The fourth-order valence-corrected chi connectivity index (χ4v) is 7.69. The van der Waals surface area contributed by atoms with E-state index in [0.717, 1.165) is 48.2 Å². The lowest BCUT2D eigenvalue weighted by Gasteiger charge is -2.34. The molecule has 2 N–H and O–H groups in total. The largest absolute Gasteiger partial charge is 0.341 e. The van der Waals surface area contributed by atoms with Crippen LogP contribution in [0, 0.1) is 0 Å². The summed E-state index contributed by atoms with van der Waals surface area (Å²) >= 11 is 0. The van der Waals surface area contributed by atoms with Crippen molar-refractivity contribution in [2.24, 2.45) is 0 Å². The van der Waals surface area contributed by atoms with E-state index in [1.165, 1.54) is 20.8 Å². The Labute approximate surface area is 263 Å². The summed E-state index contributed by atoms with van der Waals surface area (Å²) in [6.45, 7) is 2.53. The predicted octanol–water partition coefficient (Wildman–Crippen LogP) is 6.37. The second-order valence-electron chi connectivity index (χ2n) is 11.6. The normalized spacial score (nSPS) is 15.0. The van der Waals surface area contributed by atoms with Crippen molar-refractivity contribution in [3.05, 3.63) is 149 Å². The van der Waals surface area contributed by atoms with Crippen LogP contribution in [0.4, 0.5) is 0 Å². The summed E-state index contributed by atoms with van der Waals surface area (Å²) in [4.78, 5) is 16.0. The van der Waals surface area contributed by atoms with Crippen LogP contribution in [-0.4, -0.2) is 32.2 Å². The van der Waals surface area contributed by atoms with Crippen LogP contribution in [0.2, 0.25) is 0 Å². The first-order valence-electron chi connectivity index (χ1n) is 15.4. The molecule has 0 bridgehead atoms. The van der Waals surface area contributed by atoms with Gasteiger partial charge < -0.3 is 10.3 Å². The van der Waals surface area contributed by atoms with Gasteiger partial charge in [0.05, 0.1) is 34.2 Å². The number of pyridine rings is 1. The van der Waals surface area contributed by atoms with E-state index < -0.39 is 10.0 Å². The Morgan fingerprint density at radius 1 is 0.844 bits per heavy atom. The van der Waals surface area contributed by atoms with Gasteiger partial charge in [0.2, 0.25) is 0 Å². The third-order valence-corrected chi connectivity index (χ3v) is 10.3. The summed E-state index contributed by atoms with van der Waals surface area (Å²) < 4.78 is 27.6. The van der Waals surface area contributed by atoms with E-state index in [-0.39, 0.29) is 10.9 Å². The number of aryl methyl sites for hydroxylation is 1. The van der Waals surface area contributed by atoms with Gasteiger partial charge >= 0.3 is 0 Å². The van der Waals surface area contributed by atoms with Crippen molar-refractivity contribution >= 4 is 21.1 Å². The molecule has 3 aromatic heterocycles. The Bertz CT molecular complexity index is 1970. The van der Waals surface area contributed by atoms with Gasteiger partial charge in [-0.05, 0) is 78.4 Å². The van der Waals surface area contributed by atoms with Crippen molar-refractivity contribution < 1.29 is 8.42 Å². The number of benzene rings is 3. The SMILES string of the molecule is O=S(=O)(c1ccccc1)n1cccc1CNCc1ccc(CN(Cc2nc3ccccc3[nH]2)C2CCCc3cccnc32)cc1. The van der Waals surface area contributed by atoms with E-state index in [0.29, 0.717) is 25.3 Å². The summed E-state index contributed by atoms with van der Waals surface area (Å²) in [6.07, 6.45) is 6.79. The second kappa shape index (κ2) is 12.8. The van der Waals surface area contributed by atoms with Crippen LogP contribution < -0.4 is 5.32 Å². The molecule has 0 spiro atoms. The van der Waals surface area contributed by atoms with E-state index >= 15 is 0 Å². The van der Waals surface area contributed by atoms with Crippen LogP contribution in [0.15, 0.2) is 120 Å². The molecule has 6 aromatic rings. The number of nitrogens with zero attached hydrogens (tertiary/aromatic N) is 4. The van der Waals surface area contributed by atoms with E-state index in [1.54, 1.807) is 36.5 Å². The monoisotopic (exact) mass is 616 g/mol. The van der Waals surface area contributed by atoms with Crippen molar-refractivity contribution in [3.8, 4) is 0 Å². The van der Waals surface area contributed by atoms with E-state index in [4.69, 9.17) is 9.97 Å². The fraction of sp³-hybridized carbons (Fsp3) is 0.222. The first kappa shape index (κ1) is 29.2. The van der Waals surface area contributed by atoms with Gasteiger partial charge in [0.15, 0.2) is 0 Å². The highest BCUT2D eigenvalue weighted by Gasteiger charge is 2.28. The number of hydrogen-bond donors (Lipinski definition) is 2. The molecular formula is C36H36N6O2S. The summed E-state index contributed by atoms with van der Waals surface area (Å²) in [7, 11) is -3.64. The molecule has 0 radical (unpaired) electrons. The number of aromatic amines is 1. The predicted molar refractivity (Wildman–Crippen MR) is 176 cm³/mol. The lowest BCUT2D eigenvalue weighted by Crippen LogP contribution is -2.31. The molecule has 0 fully saturated rings. The fourth-order valence-electron chi connectivity index (χ4n) is 6.30. The Morgan fingerprint density at radius 2 is 1.64 bits per heavy atom. The smallest absolute Gasteiger partial charge is 0.267 e. The van der Waals surface area contributed by atoms with E-state index in [9.17, 15) is 8.42 Å². The number of H-pyrrole nitrogens is 1. The molecule has 3 heterocycles. The number of hydrogen-bond acceptors (Lipinski definition) is 6. The minimum Gasteiger partial charge on any atom is -0.341 e. The molecule has 8 nitrogen and oxygen atoms in total. The molecule has 45 heavy (non-hydrogen) atoms. The Balaban J connectivity index is 1.04. The van der Waals surface area contributed by atoms with Crippen molar-refractivity contribution in [2.45, 2.75) is 56.4 Å². The minimum atomic E-state index is -3.64. The molecular weight excluding hydrogens is 581 g/mol. The van der Waals surface area contributed by atoms with Crippen LogP contribution in [0.1, 0.15) is 52.8 Å². The van der Waals surface area contributed by atoms with Crippen molar-refractivity contribution in [1.29, 1.82) is 0 Å². The number of nitrogens with one attached hydrogen (secondary N) is 2. The summed E-state index contributed by atoms with van der Waals surface area (Å²) in [6, 6.07) is 33.4. The highest BCUT2D eigenvalue weighted by atomic mass is 32.2. The maximum Gasteiger partial charge on any atom is 0.267 e. The second-order valence-corrected chi connectivity index (χ2v) is 13.4. The molecule has 0 saturated carbocycles. The molecule has 7 rings (SSSR count). The minimum absolute atomic E-state index is 0.216. The third kappa shape index (κ3) is 6.33. The Kier molecular flexibility index (Phi) is 8.30. The average molecular weight is 617 g/mol. The molecule has 228 valence electrons. The molecule has 0 amide bonds. The number of fused-ring (bicyclic) bond motifs is 2. The van der Waals surface area contributed by atoms with Gasteiger partial charge in [-0.2, -0.15) is 0 Å². The van der Waals surface area contributed by atoms with Gasteiger partial charge in [0.25, 0.3) is 10.0 Å². The molecule has 9 heteroatoms. The van der Waals surface area contributed by atoms with Gasteiger partial charge in [-0.15, -0.1) is 0 Å². The van der Waals surface area contributed by atoms with Crippen LogP contribution in [0.3, 0.4) is 0 Å². The maximum absolute atomic E-state index is 13.1. The molecule has 1 aliphatic rings. The Morgan fingerprint density at radius 3 is 2.49 bits per heavy atom. The molecule has 0 saturated heterocycles. The molecule has 3 aromatic carbocycles. The highest BCUT2D eigenvalue weighted by Crippen LogP contribution is 2.34. The van der Waals surface area contributed by atoms with Crippen molar-refractivity contribution in [1.82, 2.24) is 29.1 Å². The topological polar surface area (TPSA) is 95.9 Å². The van der Waals surface area contributed by atoms with Gasteiger partial charge in [-0.3, -0.25) is 9.88 Å². The van der Waals surface area contributed by atoms with Crippen LogP contribution in [0.25, 0.3) is 11.0 Å². The number of para-hydroxylation sites is 2.